The van der Waals surface area contributed by atoms with Gasteiger partial charge in [0.25, 0.3) is 10.0 Å². The number of hydrogen-bond acceptors (Lipinski definition) is 4. The molecule has 0 radical (unpaired) electrons. The summed E-state index contributed by atoms with van der Waals surface area (Å²) < 4.78 is 28.4. The van der Waals surface area contributed by atoms with Crippen LogP contribution in [0.15, 0.2) is 95.9 Å². The number of carbonyl (C=O) groups is 2. The highest BCUT2D eigenvalue weighted by Crippen LogP contribution is 2.24. The molecule has 0 unspecified atom stereocenters. The minimum atomic E-state index is -4.03. The summed E-state index contributed by atoms with van der Waals surface area (Å²) in [5.74, 6) is -0.723. The highest BCUT2D eigenvalue weighted by atomic mass is 32.2. The summed E-state index contributed by atoms with van der Waals surface area (Å²) in [5, 5.41) is 2.94. The predicted octanol–water partition coefficient (Wildman–Crippen LogP) is 4.26. The molecule has 0 heterocycles. The lowest BCUT2D eigenvalue weighted by molar-refractivity contribution is -0.139. The topological polar surface area (TPSA) is 86.8 Å². The first-order valence-electron chi connectivity index (χ1n) is 12.5. The van der Waals surface area contributed by atoms with Gasteiger partial charge in [0.15, 0.2) is 0 Å². The summed E-state index contributed by atoms with van der Waals surface area (Å²) in [6.45, 7) is 5.40. The third kappa shape index (κ3) is 7.43. The molecule has 196 valence electrons. The first-order valence-corrected chi connectivity index (χ1v) is 13.9. The number of carbonyl (C=O) groups excluding carboxylic acids is 2. The maximum absolute atomic E-state index is 13.8. The largest absolute Gasteiger partial charge is 0.352 e. The zero-order valence-electron chi connectivity index (χ0n) is 21.6. The number of rotatable bonds is 12. The van der Waals surface area contributed by atoms with Crippen molar-refractivity contribution in [3.05, 3.63) is 96.6 Å². The third-order valence-corrected chi connectivity index (χ3v) is 8.09. The molecule has 0 aliphatic carbocycles. The van der Waals surface area contributed by atoms with Gasteiger partial charge in [-0.1, -0.05) is 73.7 Å². The zero-order valence-corrected chi connectivity index (χ0v) is 22.4. The van der Waals surface area contributed by atoms with Crippen LogP contribution in [0.4, 0.5) is 5.69 Å². The monoisotopic (exact) mass is 521 g/mol. The standard InChI is InChI=1S/C29H35N3O4S/c1-4-23(2)30-29(34)24(3)31(21-20-25-14-8-5-9-15-25)28(33)22-32(26-16-10-6-11-17-26)37(35,36)27-18-12-7-13-19-27/h5-19,23-24H,4,20-22H2,1-3H3,(H,30,34)/t23-,24-/m0/s1. The van der Waals surface area contributed by atoms with Crippen LogP contribution in [0.2, 0.25) is 0 Å². The van der Waals surface area contributed by atoms with Crippen LogP contribution in [0, 0.1) is 0 Å². The number of hydrogen-bond donors (Lipinski definition) is 1. The lowest BCUT2D eigenvalue weighted by Gasteiger charge is -2.32. The summed E-state index contributed by atoms with van der Waals surface area (Å²) in [6.07, 6.45) is 1.29. The van der Waals surface area contributed by atoms with Gasteiger partial charge < -0.3 is 10.2 Å². The van der Waals surface area contributed by atoms with Gasteiger partial charge in [0.2, 0.25) is 11.8 Å². The first-order chi connectivity index (χ1) is 17.7. The Balaban J connectivity index is 1.93. The maximum atomic E-state index is 13.8. The number of nitrogens with one attached hydrogen (secondary N) is 1. The van der Waals surface area contributed by atoms with E-state index in [1.807, 2.05) is 44.2 Å². The van der Waals surface area contributed by atoms with Crippen LogP contribution in [0.25, 0.3) is 0 Å². The van der Waals surface area contributed by atoms with Crippen molar-refractivity contribution in [3.8, 4) is 0 Å². The number of anilines is 1. The molecule has 2 atom stereocenters. The number of amides is 2. The maximum Gasteiger partial charge on any atom is 0.264 e. The highest BCUT2D eigenvalue weighted by molar-refractivity contribution is 7.92. The van der Waals surface area contributed by atoms with Crippen molar-refractivity contribution >= 4 is 27.5 Å². The Bertz CT molecular complexity index is 1250. The Morgan fingerprint density at radius 3 is 1.95 bits per heavy atom. The van der Waals surface area contributed by atoms with Gasteiger partial charge in [-0.15, -0.1) is 0 Å². The molecule has 2 amide bonds. The van der Waals surface area contributed by atoms with Crippen LogP contribution < -0.4 is 9.62 Å². The van der Waals surface area contributed by atoms with Gasteiger partial charge in [-0.25, -0.2) is 8.42 Å². The molecule has 0 aliphatic rings. The van der Waals surface area contributed by atoms with Crippen molar-refractivity contribution in [3.63, 3.8) is 0 Å². The molecule has 3 aromatic rings. The molecule has 0 saturated heterocycles. The van der Waals surface area contributed by atoms with Gasteiger partial charge in [0.05, 0.1) is 10.6 Å². The number of nitrogens with zero attached hydrogens (tertiary/aromatic N) is 2. The molecule has 1 N–H and O–H groups in total. The Morgan fingerprint density at radius 2 is 1.38 bits per heavy atom. The molecule has 7 nitrogen and oxygen atoms in total. The Morgan fingerprint density at radius 1 is 0.838 bits per heavy atom. The van der Waals surface area contributed by atoms with Crippen molar-refractivity contribution < 1.29 is 18.0 Å². The van der Waals surface area contributed by atoms with Crippen molar-refractivity contribution in [2.45, 2.75) is 50.6 Å². The summed E-state index contributed by atoms with van der Waals surface area (Å²) in [6, 6.07) is 25.4. The molecule has 0 fully saturated rings. The van der Waals surface area contributed by atoms with Gasteiger partial charge >= 0.3 is 0 Å². The normalized spacial score (nSPS) is 12.8. The van der Waals surface area contributed by atoms with Crippen LogP contribution >= 0.6 is 0 Å². The molecule has 0 spiro atoms. The molecule has 8 heteroatoms. The van der Waals surface area contributed by atoms with Crippen LogP contribution in [-0.4, -0.2) is 50.3 Å². The van der Waals surface area contributed by atoms with Crippen molar-refractivity contribution in [1.29, 1.82) is 0 Å². The van der Waals surface area contributed by atoms with Gasteiger partial charge in [0, 0.05) is 12.6 Å². The van der Waals surface area contributed by atoms with E-state index in [9.17, 15) is 18.0 Å². The summed E-state index contributed by atoms with van der Waals surface area (Å²) in [4.78, 5) is 28.3. The quantitative estimate of drug-likeness (QED) is 0.386. The minimum Gasteiger partial charge on any atom is -0.352 e. The fraction of sp³-hybridized carbons (Fsp3) is 0.310. The molecule has 0 aliphatic heterocycles. The van der Waals surface area contributed by atoms with Crippen LogP contribution in [0.3, 0.4) is 0 Å². The molecule has 0 saturated carbocycles. The molecule has 3 rings (SSSR count). The molecule has 3 aromatic carbocycles. The minimum absolute atomic E-state index is 0.0414. The zero-order chi connectivity index (χ0) is 26.8. The predicted molar refractivity (Wildman–Crippen MR) is 147 cm³/mol. The lowest BCUT2D eigenvalue weighted by Crippen LogP contribution is -2.53. The van der Waals surface area contributed by atoms with Gasteiger partial charge in [0.1, 0.15) is 12.6 Å². The van der Waals surface area contributed by atoms with E-state index in [2.05, 4.69) is 5.32 Å². The summed E-state index contributed by atoms with van der Waals surface area (Å²) in [5.41, 5.74) is 1.39. The fourth-order valence-electron chi connectivity index (χ4n) is 3.88. The number of benzene rings is 3. The molecule has 37 heavy (non-hydrogen) atoms. The Hall–Kier alpha value is -3.65. The van der Waals surface area contributed by atoms with E-state index in [1.54, 1.807) is 55.5 Å². The van der Waals surface area contributed by atoms with Gasteiger partial charge in [-0.2, -0.15) is 0 Å². The smallest absolute Gasteiger partial charge is 0.264 e. The molecule has 0 aromatic heterocycles. The number of sulfonamides is 1. The van der Waals surface area contributed by atoms with E-state index >= 15 is 0 Å². The van der Waals surface area contributed by atoms with Crippen LogP contribution in [0.5, 0.6) is 0 Å². The summed E-state index contributed by atoms with van der Waals surface area (Å²) in [7, 11) is -4.03. The second-order valence-corrected chi connectivity index (χ2v) is 10.8. The first kappa shape index (κ1) is 27.9. The van der Waals surface area contributed by atoms with Crippen molar-refractivity contribution in [2.75, 3.05) is 17.4 Å². The third-order valence-electron chi connectivity index (χ3n) is 6.31. The van der Waals surface area contributed by atoms with E-state index in [0.717, 1.165) is 16.3 Å². The van der Waals surface area contributed by atoms with E-state index in [1.165, 1.54) is 17.0 Å². The second-order valence-electron chi connectivity index (χ2n) is 8.98. The molecular weight excluding hydrogens is 486 g/mol. The van der Waals surface area contributed by atoms with E-state index in [4.69, 9.17) is 0 Å². The van der Waals surface area contributed by atoms with E-state index in [-0.39, 0.29) is 23.4 Å². The van der Waals surface area contributed by atoms with E-state index < -0.39 is 28.5 Å². The average molecular weight is 522 g/mol. The number of para-hydroxylation sites is 1. The lowest BCUT2D eigenvalue weighted by atomic mass is 10.1. The van der Waals surface area contributed by atoms with Crippen molar-refractivity contribution in [1.82, 2.24) is 10.2 Å². The second kappa shape index (κ2) is 13.1. The SMILES string of the molecule is CC[C@H](C)NC(=O)[C@H](C)N(CCc1ccccc1)C(=O)CN(c1ccccc1)S(=O)(=O)c1ccccc1. The fourth-order valence-corrected chi connectivity index (χ4v) is 5.31. The Kier molecular flexibility index (Phi) is 9.85. The highest BCUT2D eigenvalue weighted by Gasteiger charge is 2.32. The van der Waals surface area contributed by atoms with Crippen LogP contribution in [-0.2, 0) is 26.0 Å². The molecule has 0 bridgehead atoms. The van der Waals surface area contributed by atoms with Gasteiger partial charge in [-0.3, -0.25) is 13.9 Å². The molecular formula is C29H35N3O4S. The average Bonchev–Trinajstić information content (AvgIpc) is 2.93. The van der Waals surface area contributed by atoms with E-state index in [0.29, 0.717) is 12.1 Å². The Labute approximate surface area is 220 Å². The van der Waals surface area contributed by atoms with Crippen LogP contribution in [0.1, 0.15) is 32.8 Å². The van der Waals surface area contributed by atoms with Gasteiger partial charge in [-0.05, 0) is 56.5 Å². The summed E-state index contributed by atoms with van der Waals surface area (Å²) >= 11 is 0. The van der Waals surface area contributed by atoms with Crippen molar-refractivity contribution in [2.24, 2.45) is 0 Å².